The van der Waals surface area contributed by atoms with Gasteiger partial charge in [-0.25, -0.2) is 0 Å². The van der Waals surface area contributed by atoms with Gasteiger partial charge < -0.3 is 30.0 Å². The van der Waals surface area contributed by atoms with Gasteiger partial charge in [0.15, 0.2) is 0 Å². The van der Waals surface area contributed by atoms with E-state index >= 15 is 0 Å². The molecule has 49 heavy (non-hydrogen) atoms. The van der Waals surface area contributed by atoms with E-state index in [2.05, 4.69) is 103 Å². The molecule has 269 valence electrons. The first-order valence-corrected chi connectivity index (χ1v) is 29.9. The van der Waals surface area contributed by atoms with Crippen LogP contribution in [0, 0.1) is 0 Å². The maximum atomic E-state index is 11.2. The minimum atomic E-state index is -1.74. The van der Waals surface area contributed by atoms with Crippen LogP contribution in [0.5, 0.6) is 11.5 Å². The number of aromatic hydroxyl groups is 2. The number of carboxylic acids is 2. The molecular formula is C36H54CoN2O6Si4. The Kier molecular flexibility index (Phi) is 17.1. The van der Waals surface area contributed by atoms with Crippen molar-refractivity contribution < 1.29 is 46.8 Å². The molecule has 0 saturated carbocycles. The van der Waals surface area contributed by atoms with Gasteiger partial charge in [-0.15, -0.1) is 0 Å². The van der Waals surface area contributed by atoms with Crippen LogP contribution in [0.3, 0.4) is 0 Å². The fourth-order valence-corrected chi connectivity index (χ4v) is 9.97. The first-order valence-electron chi connectivity index (χ1n) is 15.9. The molecule has 0 aliphatic carbocycles. The zero-order valence-corrected chi connectivity index (χ0v) is 36.6. The number of hydrogen-bond acceptors (Lipinski definition) is 8. The molecule has 3 rings (SSSR count). The van der Waals surface area contributed by atoms with E-state index in [9.17, 15) is 10.2 Å². The summed E-state index contributed by atoms with van der Waals surface area (Å²) in [5.41, 5.74) is 3.09. The Morgan fingerprint density at radius 2 is 0.857 bits per heavy atom. The van der Waals surface area contributed by atoms with E-state index < -0.39 is 44.2 Å². The van der Waals surface area contributed by atoms with E-state index in [1.54, 1.807) is 12.4 Å². The Balaban J connectivity index is 0.00000230. The molecule has 13 heteroatoms. The van der Waals surface area contributed by atoms with Gasteiger partial charge in [0.2, 0.25) is 0 Å². The smallest absolute Gasteiger partial charge is 0.550 e. The van der Waals surface area contributed by atoms with Crippen molar-refractivity contribution in [1.29, 1.82) is 0 Å². The Morgan fingerprint density at radius 3 is 1.10 bits per heavy atom. The van der Waals surface area contributed by atoms with E-state index in [0.717, 1.165) is 46.7 Å². The number of phenols is 2. The first kappa shape index (κ1) is 45.9. The number of carbonyl (C=O) groups is 2. The van der Waals surface area contributed by atoms with Gasteiger partial charge in [-0.1, -0.05) is 119 Å². The quantitative estimate of drug-likeness (QED) is 0.258. The summed E-state index contributed by atoms with van der Waals surface area (Å²) in [5.74, 6) is -1.45. The van der Waals surface area contributed by atoms with Gasteiger partial charge in [-0.3, -0.25) is 9.98 Å². The number of phenolic OH excluding ortho intramolecular Hbond substituents is 2. The van der Waals surface area contributed by atoms with Gasteiger partial charge >= 0.3 is 16.8 Å². The molecule has 0 fully saturated rings. The van der Waals surface area contributed by atoms with Gasteiger partial charge in [-0.2, -0.15) is 0 Å². The summed E-state index contributed by atoms with van der Waals surface area (Å²) in [5, 5.41) is 44.9. The summed E-state index contributed by atoms with van der Waals surface area (Å²) < 4.78 is 0. The second-order valence-corrected chi connectivity index (χ2v) is 36.2. The van der Waals surface area contributed by atoms with Gasteiger partial charge in [0.1, 0.15) is 11.5 Å². The molecule has 0 heterocycles. The Hall–Kier alpha value is -3.09. The van der Waals surface area contributed by atoms with Gasteiger partial charge in [0, 0.05) is 35.5 Å². The standard InChI is InChI=1S/C32H48N2O2Si4.2C2H4O2.Co/c1-37(2,3)27-16-23(31(35)29(19-27)39(7,8)9)21-33-25-14-13-15-26(18-25)34-22-24-17-28(38(4,5)6)20-30(32(24)36)40(10,11)12;2*1-2(3)4;/h13-22,35-36H,1-12H3;2*1H3,(H,3,4);/q;;;+2/p-2. The molecule has 0 atom stereocenters. The van der Waals surface area contributed by atoms with E-state index in [4.69, 9.17) is 29.8 Å². The summed E-state index contributed by atoms with van der Waals surface area (Å²) in [6.45, 7) is 29.5. The minimum Gasteiger partial charge on any atom is -0.550 e. The largest absolute Gasteiger partial charge is 2.00 e. The second-order valence-electron chi connectivity index (χ2n) is 15.9. The zero-order chi connectivity index (χ0) is 37.4. The average Bonchev–Trinajstić information content (AvgIpc) is 2.89. The Bertz CT molecular complexity index is 1540. The van der Waals surface area contributed by atoms with E-state index in [0.29, 0.717) is 11.5 Å². The van der Waals surface area contributed by atoms with Crippen molar-refractivity contribution in [2.75, 3.05) is 0 Å². The molecule has 0 amide bonds. The minimum absolute atomic E-state index is 0. The van der Waals surface area contributed by atoms with E-state index in [1.165, 1.54) is 10.4 Å². The van der Waals surface area contributed by atoms with Gasteiger partial charge in [-0.05, 0) is 42.4 Å². The number of aliphatic carboxylic acids is 2. The van der Waals surface area contributed by atoms with Crippen LogP contribution in [0.1, 0.15) is 25.0 Å². The van der Waals surface area contributed by atoms with Crippen molar-refractivity contribution >= 4 is 88.8 Å². The molecule has 0 saturated heterocycles. The molecule has 2 N–H and O–H groups in total. The SMILES string of the molecule is CC(=O)[O-].CC(=O)[O-].C[Si](C)(C)c1cc(C=Nc2cccc(N=Cc3cc([Si](C)(C)C)cc([Si](C)(C)C)c3O)c2)c(O)c([Si](C)(C)C)c1.[Co+2]. The van der Waals surface area contributed by atoms with E-state index in [-0.39, 0.29) is 16.8 Å². The third-order valence-electron chi connectivity index (χ3n) is 7.16. The Labute approximate surface area is 307 Å². The molecule has 1 radical (unpaired) electrons. The zero-order valence-electron chi connectivity index (χ0n) is 31.5. The number of carbonyl (C=O) groups excluding carboxylic acids is 2. The van der Waals surface area contributed by atoms with Gasteiger partial charge in [0.05, 0.1) is 43.7 Å². The molecule has 0 aliphatic heterocycles. The molecule has 3 aromatic rings. The number of carboxylic acid groups (broad SMARTS) is 2. The molecule has 8 nitrogen and oxygen atoms in total. The van der Waals surface area contributed by atoms with Crippen molar-refractivity contribution in [1.82, 2.24) is 0 Å². The van der Waals surface area contributed by atoms with Crippen LogP contribution >= 0.6 is 0 Å². The van der Waals surface area contributed by atoms with Crippen molar-refractivity contribution in [3.8, 4) is 11.5 Å². The van der Waals surface area contributed by atoms with Crippen LogP contribution in [-0.4, -0.2) is 66.9 Å². The Morgan fingerprint density at radius 1 is 0.571 bits per heavy atom. The molecular weight excluding hydrogens is 728 g/mol. The summed E-state index contributed by atoms with van der Waals surface area (Å²) >= 11 is 0. The fourth-order valence-electron chi connectivity index (χ4n) is 4.46. The van der Waals surface area contributed by atoms with Crippen LogP contribution in [0.2, 0.25) is 78.6 Å². The predicted molar refractivity (Wildman–Crippen MR) is 210 cm³/mol. The van der Waals surface area contributed by atoms with Crippen molar-refractivity contribution in [2.24, 2.45) is 9.98 Å². The maximum absolute atomic E-state index is 11.2. The molecule has 0 bridgehead atoms. The summed E-state index contributed by atoms with van der Waals surface area (Å²) in [6, 6.07) is 16.5. The van der Waals surface area contributed by atoms with Crippen molar-refractivity contribution in [3.63, 3.8) is 0 Å². The second kappa shape index (κ2) is 18.2. The molecule has 0 aliphatic rings. The third kappa shape index (κ3) is 15.6. The van der Waals surface area contributed by atoms with Crippen molar-refractivity contribution in [2.45, 2.75) is 92.4 Å². The molecule has 0 spiro atoms. The summed E-state index contributed by atoms with van der Waals surface area (Å²) in [6.07, 6.45) is 3.57. The average molecular weight is 782 g/mol. The summed E-state index contributed by atoms with van der Waals surface area (Å²) in [7, 11) is -6.64. The molecule has 3 aromatic carbocycles. The van der Waals surface area contributed by atoms with Crippen molar-refractivity contribution in [3.05, 3.63) is 59.7 Å². The number of hydrogen-bond donors (Lipinski definition) is 2. The number of benzene rings is 3. The maximum Gasteiger partial charge on any atom is 2.00 e. The van der Waals surface area contributed by atoms with Crippen LogP contribution in [0.4, 0.5) is 11.4 Å². The number of nitrogens with zero attached hydrogens (tertiary/aromatic N) is 2. The van der Waals surface area contributed by atoms with Crippen LogP contribution < -0.4 is 31.0 Å². The topological polar surface area (TPSA) is 145 Å². The number of aliphatic imine (C=N–C) groups is 2. The van der Waals surface area contributed by atoms with E-state index in [1.807, 2.05) is 24.3 Å². The normalized spacial score (nSPS) is 12.0. The first-order chi connectivity index (χ1) is 21.6. The van der Waals surface area contributed by atoms with Crippen LogP contribution in [0.15, 0.2) is 58.5 Å². The van der Waals surface area contributed by atoms with Crippen LogP contribution in [-0.2, 0) is 26.4 Å². The summed E-state index contributed by atoms with van der Waals surface area (Å²) in [4.78, 5) is 27.3. The van der Waals surface area contributed by atoms with Gasteiger partial charge in [0.25, 0.3) is 0 Å². The van der Waals surface area contributed by atoms with Crippen LogP contribution in [0.25, 0.3) is 0 Å². The predicted octanol–water partition coefficient (Wildman–Crippen LogP) is 4.29. The third-order valence-corrected chi connectivity index (χ3v) is 15.2. The monoisotopic (exact) mass is 781 g/mol. The molecule has 0 unspecified atom stereocenters. The molecule has 0 aromatic heterocycles. The number of rotatable bonds is 8. The fraction of sp³-hybridized carbons (Fsp3) is 0.389.